The van der Waals surface area contributed by atoms with E-state index in [4.69, 9.17) is 4.74 Å². The van der Waals surface area contributed by atoms with Gasteiger partial charge in [0.1, 0.15) is 17.2 Å². The van der Waals surface area contributed by atoms with Crippen molar-refractivity contribution < 1.29 is 9.84 Å². The van der Waals surface area contributed by atoms with Gasteiger partial charge in [0.15, 0.2) is 0 Å². The molecule has 90 valence electrons. The second kappa shape index (κ2) is 6.67. The van der Waals surface area contributed by atoms with Crippen molar-refractivity contribution in [1.82, 2.24) is 9.97 Å². The summed E-state index contributed by atoms with van der Waals surface area (Å²) in [6, 6.07) is 1.89. The summed E-state index contributed by atoms with van der Waals surface area (Å²) in [5, 5.41) is 10.5. The van der Waals surface area contributed by atoms with E-state index in [1.165, 1.54) is 6.33 Å². The standard InChI is InChI=1S/C10H17N3O2S/c1-13(5-8(14)6-15-2)9-4-10(16-3)12-7-11-9/h4,7-8,14H,5-6H2,1-3H3. The normalized spacial score (nSPS) is 12.5. The molecule has 1 atom stereocenters. The highest BCUT2D eigenvalue weighted by molar-refractivity contribution is 7.98. The number of methoxy groups -OCH3 is 1. The minimum Gasteiger partial charge on any atom is -0.389 e. The van der Waals surface area contributed by atoms with Crippen molar-refractivity contribution in [2.45, 2.75) is 11.1 Å². The number of aliphatic hydroxyl groups excluding tert-OH is 1. The molecule has 1 unspecified atom stereocenters. The van der Waals surface area contributed by atoms with Crippen LogP contribution in [0.15, 0.2) is 17.4 Å². The Labute approximate surface area is 99.9 Å². The van der Waals surface area contributed by atoms with E-state index in [0.717, 1.165) is 10.8 Å². The Bertz CT molecular complexity index is 325. The highest BCUT2D eigenvalue weighted by Crippen LogP contribution is 2.16. The van der Waals surface area contributed by atoms with E-state index >= 15 is 0 Å². The van der Waals surface area contributed by atoms with Crippen molar-refractivity contribution in [2.75, 3.05) is 38.5 Å². The molecule has 0 aromatic carbocycles. The van der Waals surface area contributed by atoms with Crippen LogP contribution < -0.4 is 4.90 Å². The number of thioether (sulfide) groups is 1. The molecule has 0 amide bonds. The van der Waals surface area contributed by atoms with Gasteiger partial charge in [-0.15, -0.1) is 11.8 Å². The van der Waals surface area contributed by atoms with E-state index in [9.17, 15) is 5.11 Å². The molecule has 0 radical (unpaired) electrons. The quantitative estimate of drug-likeness (QED) is 0.584. The number of anilines is 1. The summed E-state index contributed by atoms with van der Waals surface area (Å²) >= 11 is 1.56. The van der Waals surface area contributed by atoms with Gasteiger partial charge in [0.05, 0.1) is 12.7 Å². The Balaban J connectivity index is 2.61. The average Bonchev–Trinajstić information content (AvgIpc) is 2.29. The van der Waals surface area contributed by atoms with Gasteiger partial charge in [0.25, 0.3) is 0 Å². The summed E-state index contributed by atoms with van der Waals surface area (Å²) in [4.78, 5) is 10.1. The first-order chi connectivity index (χ1) is 7.67. The Morgan fingerprint density at radius 1 is 1.56 bits per heavy atom. The van der Waals surface area contributed by atoms with Crippen LogP contribution in [0.5, 0.6) is 0 Å². The third kappa shape index (κ3) is 3.96. The van der Waals surface area contributed by atoms with Gasteiger partial charge in [0, 0.05) is 26.8 Å². The molecule has 1 aromatic rings. The van der Waals surface area contributed by atoms with Gasteiger partial charge in [0.2, 0.25) is 0 Å². The van der Waals surface area contributed by atoms with Gasteiger partial charge in [-0.25, -0.2) is 9.97 Å². The van der Waals surface area contributed by atoms with Gasteiger partial charge < -0.3 is 14.7 Å². The van der Waals surface area contributed by atoms with Crippen LogP contribution in [-0.4, -0.2) is 54.7 Å². The van der Waals surface area contributed by atoms with Gasteiger partial charge in [-0.3, -0.25) is 0 Å². The van der Waals surface area contributed by atoms with Crippen LogP contribution in [0.3, 0.4) is 0 Å². The molecule has 16 heavy (non-hydrogen) atoms. The molecule has 1 aromatic heterocycles. The number of ether oxygens (including phenoxy) is 1. The molecule has 0 saturated heterocycles. The van der Waals surface area contributed by atoms with Crippen LogP contribution in [0.2, 0.25) is 0 Å². The van der Waals surface area contributed by atoms with Crippen LogP contribution in [0, 0.1) is 0 Å². The SMILES string of the molecule is COCC(O)CN(C)c1cc(SC)ncn1. The molecule has 0 bridgehead atoms. The molecule has 0 spiro atoms. The van der Waals surface area contributed by atoms with E-state index in [1.807, 2.05) is 24.3 Å². The first kappa shape index (κ1) is 13.2. The molecule has 0 aliphatic carbocycles. The van der Waals surface area contributed by atoms with Gasteiger partial charge in [-0.2, -0.15) is 0 Å². The van der Waals surface area contributed by atoms with Crippen molar-refractivity contribution in [3.63, 3.8) is 0 Å². The maximum Gasteiger partial charge on any atom is 0.132 e. The summed E-state index contributed by atoms with van der Waals surface area (Å²) in [5.74, 6) is 0.800. The van der Waals surface area contributed by atoms with Crippen LogP contribution in [-0.2, 0) is 4.74 Å². The number of aromatic nitrogens is 2. The van der Waals surface area contributed by atoms with E-state index in [1.54, 1.807) is 18.9 Å². The van der Waals surface area contributed by atoms with Crippen LogP contribution in [0.1, 0.15) is 0 Å². The van der Waals surface area contributed by atoms with Crippen LogP contribution in [0.4, 0.5) is 5.82 Å². The average molecular weight is 243 g/mol. The Morgan fingerprint density at radius 2 is 2.31 bits per heavy atom. The first-order valence-electron chi connectivity index (χ1n) is 4.91. The maximum absolute atomic E-state index is 9.59. The highest BCUT2D eigenvalue weighted by atomic mass is 32.2. The zero-order chi connectivity index (χ0) is 12.0. The number of hydrogen-bond acceptors (Lipinski definition) is 6. The number of aliphatic hydroxyl groups is 1. The topological polar surface area (TPSA) is 58.5 Å². The van der Waals surface area contributed by atoms with Crippen LogP contribution >= 0.6 is 11.8 Å². The highest BCUT2D eigenvalue weighted by Gasteiger charge is 2.10. The Kier molecular flexibility index (Phi) is 5.51. The number of nitrogens with zero attached hydrogens (tertiary/aromatic N) is 3. The summed E-state index contributed by atoms with van der Waals surface area (Å²) < 4.78 is 4.87. The number of rotatable bonds is 6. The van der Waals surface area contributed by atoms with E-state index in [2.05, 4.69) is 9.97 Å². The van der Waals surface area contributed by atoms with Crippen molar-refractivity contribution in [2.24, 2.45) is 0 Å². The smallest absolute Gasteiger partial charge is 0.132 e. The fourth-order valence-corrected chi connectivity index (χ4v) is 1.68. The zero-order valence-corrected chi connectivity index (χ0v) is 10.6. The molecule has 0 saturated carbocycles. The molecular weight excluding hydrogens is 226 g/mol. The molecule has 1 rings (SSSR count). The first-order valence-corrected chi connectivity index (χ1v) is 6.14. The molecule has 5 nitrogen and oxygen atoms in total. The minimum atomic E-state index is -0.511. The Morgan fingerprint density at radius 3 is 2.94 bits per heavy atom. The minimum absolute atomic E-state index is 0.324. The van der Waals surface area contributed by atoms with Gasteiger partial charge >= 0.3 is 0 Å². The lowest BCUT2D eigenvalue weighted by atomic mass is 10.3. The predicted molar refractivity (Wildman–Crippen MR) is 65.0 cm³/mol. The third-order valence-corrected chi connectivity index (χ3v) is 2.71. The lowest BCUT2D eigenvalue weighted by Crippen LogP contribution is -2.32. The Hall–Kier alpha value is -0.850. The summed E-state index contributed by atoms with van der Waals surface area (Å²) in [5.41, 5.74) is 0. The summed E-state index contributed by atoms with van der Waals surface area (Å²) in [6.45, 7) is 0.809. The molecule has 0 aliphatic rings. The van der Waals surface area contributed by atoms with Crippen molar-refractivity contribution in [3.8, 4) is 0 Å². The zero-order valence-electron chi connectivity index (χ0n) is 9.75. The second-order valence-electron chi connectivity index (χ2n) is 3.41. The summed E-state index contributed by atoms with van der Waals surface area (Å²) in [6.07, 6.45) is 2.98. The largest absolute Gasteiger partial charge is 0.389 e. The number of hydrogen-bond donors (Lipinski definition) is 1. The lowest BCUT2D eigenvalue weighted by molar-refractivity contribution is 0.0694. The molecule has 1 heterocycles. The molecular formula is C10H17N3O2S. The second-order valence-corrected chi connectivity index (χ2v) is 4.23. The fourth-order valence-electron chi connectivity index (χ4n) is 1.31. The lowest BCUT2D eigenvalue weighted by Gasteiger charge is -2.21. The predicted octanol–water partition coefficient (Wildman–Crippen LogP) is 0.642. The third-order valence-electron chi connectivity index (χ3n) is 2.07. The van der Waals surface area contributed by atoms with Gasteiger partial charge in [-0.1, -0.05) is 0 Å². The molecule has 0 fully saturated rings. The monoisotopic (exact) mass is 243 g/mol. The maximum atomic E-state index is 9.59. The van der Waals surface area contributed by atoms with Crippen molar-refractivity contribution in [1.29, 1.82) is 0 Å². The van der Waals surface area contributed by atoms with Crippen molar-refractivity contribution >= 4 is 17.6 Å². The fraction of sp³-hybridized carbons (Fsp3) is 0.600. The van der Waals surface area contributed by atoms with Crippen LogP contribution in [0.25, 0.3) is 0 Å². The van der Waals surface area contributed by atoms with E-state index in [-0.39, 0.29) is 0 Å². The van der Waals surface area contributed by atoms with Crippen molar-refractivity contribution in [3.05, 3.63) is 12.4 Å². The van der Waals surface area contributed by atoms with E-state index in [0.29, 0.717) is 13.2 Å². The summed E-state index contributed by atoms with van der Waals surface area (Å²) in [7, 11) is 3.45. The van der Waals surface area contributed by atoms with Gasteiger partial charge in [-0.05, 0) is 6.26 Å². The van der Waals surface area contributed by atoms with E-state index < -0.39 is 6.10 Å². The molecule has 0 aliphatic heterocycles. The number of likely N-dealkylation sites (N-methyl/N-ethyl adjacent to an activating group) is 1. The molecule has 1 N–H and O–H groups in total. The molecule has 6 heteroatoms.